The Morgan fingerprint density at radius 1 is 0.409 bits per heavy atom. The van der Waals surface area contributed by atoms with E-state index < -0.39 is 277 Å². The molecule has 23 N–H and O–H groups in total. The number of halogens is 2. The van der Waals surface area contributed by atoms with Crippen molar-refractivity contribution in [1.82, 2.24) is 0 Å². The van der Waals surface area contributed by atoms with E-state index in [1.165, 1.54) is 0 Å². The molecule has 4 saturated heterocycles. The molecule has 22 unspecified atom stereocenters. The maximum atomic E-state index is 15.6. The van der Waals surface area contributed by atoms with Gasteiger partial charge in [-0.05, 0) is 25.8 Å². The smallest absolute Gasteiger partial charge is 0.394 e. The summed E-state index contributed by atoms with van der Waals surface area (Å²) in [6, 6.07) is 0. The van der Waals surface area contributed by atoms with Gasteiger partial charge in [0.2, 0.25) is 0 Å². The first-order valence-corrected chi connectivity index (χ1v) is 34.4. The van der Waals surface area contributed by atoms with Gasteiger partial charge in [0, 0.05) is 12.8 Å². The Morgan fingerprint density at radius 3 is 1.11 bits per heavy atom. The van der Waals surface area contributed by atoms with E-state index in [4.69, 9.17) is 71.4 Å². The van der Waals surface area contributed by atoms with Crippen molar-refractivity contribution in [3.63, 3.8) is 0 Å². The minimum absolute atomic E-state index is 0.0786. The summed E-state index contributed by atoms with van der Waals surface area (Å²) in [7, 11) is -20.9. The molecule has 0 aromatic carbocycles. The highest BCUT2D eigenvalue weighted by atomic mass is 31.2. The van der Waals surface area contributed by atoms with Crippen molar-refractivity contribution in [1.29, 1.82) is 0 Å². The predicted molar refractivity (Wildman–Crippen MR) is 290 cm³/mol. The van der Waals surface area contributed by atoms with Crippen molar-refractivity contribution in [3.05, 3.63) is 0 Å². The summed E-state index contributed by atoms with van der Waals surface area (Å²) in [5.74, 6) is 0. The number of unbranched alkanes of at least 4 members (excludes halogenated alkanes) is 2. The van der Waals surface area contributed by atoms with E-state index in [0.717, 1.165) is 0 Å². The van der Waals surface area contributed by atoms with Crippen LogP contribution in [0.5, 0.6) is 0 Å². The van der Waals surface area contributed by atoms with Crippen molar-refractivity contribution in [2.75, 3.05) is 92.4 Å². The molecule has 0 aromatic rings. The fourth-order valence-corrected chi connectivity index (χ4v) is 12.4. The summed E-state index contributed by atoms with van der Waals surface area (Å²) in [4.78, 5) is 40.7. The molecule has 48 heteroatoms. The molecule has 0 radical (unpaired) electrons. The van der Waals surface area contributed by atoms with Crippen molar-refractivity contribution in [2.45, 2.75) is 192 Å². The molecule has 0 saturated carbocycles. The van der Waals surface area contributed by atoms with Gasteiger partial charge in [0.25, 0.3) is 0 Å². The number of ether oxygens (including phenoxy) is 8. The monoisotopic (exact) mass is 1460 g/mol. The Bertz CT molecular complexity index is 2330. The standard InChI is InChI=1S/C45H87F2NO41P4/c46-36-43(33(11-52)85-44(36)76-14-23(56)40(64)25(58)16-79-90(66,67)78-5-3-1-2-4-48)89-93(72,73)82-19-28(61)41(65)24(57)15-77-45-37(47)42(32(10-51)86-45)88-92(70,71)81-18-27(60)39(63)22(55)13-75-35-7-29(31(9-50)84-35)87-91(68,69)80-17-26(59)38(62)21(54)12-74-34-6-20(53)30(8-49)83-34/h20-45,49-65H,1-19,48H2,(H,66,67)(H,68,69)(H,70,71)(H,72,73)/t20?,21?,22?,23?,24?,25?,26?,27?,28?,29?,30-,31-,32-,33-,34-,35-,36?,37?,38?,39?,40?,41?,42?,43?,44-,45-/m1/s1. The minimum atomic E-state index is -5.54. The molecule has 30 atom stereocenters. The maximum Gasteiger partial charge on any atom is 0.472 e. The van der Waals surface area contributed by atoms with E-state index in [1.807, 2.05) is 0 Å². The molecule has 0 aromatic heterocycles. The molecule has 93 heavy (non-hydrogen) atoms. The molecule has 0 amide bonds. The van der Waals surface area contributed by atoms with Crippen molar-refractivity contribution in [2.24, 2.45) is 5.73 Å². The Morgan fingerprint density at radius 2 is 0.742 bits per heavy atom. The first-order chi connectivity index (χ1) is 43.5. The zero-order chi connectivity index (χ0) is 69.8. The minimum Gasteiger partial charge on any atom is -0.394 e. The van der Waals surface area contributed by atoms with Gasteiger partial charge in [-0.1, -0.05) is 0 Å². The second-order valence-corrected chi connectivity index (χ2v) is 27.0. The van der Waals surface area contributed by atoms with Crippen LogP contribution in [0.3, 0.4) is 0 Å². The highest BCUT2D eigenvalue weighted by molar-refractivity contribution is 7.48. The van der Waals surface area contributed by atoms with Crippen LogP contribution in [-0.4, -0.2) is 358 Å². The van der Waals surface area contributed by atoms with Gasteiger partial charge in [0.05, 0.1) is 92.0 Å². The largest absolute Gasteiger partial charge is 0.472 e. The molecule has 4 aliphatic rings. The molecule has 552 valence electrons. The molecule has 0 aliphatic carbocycles. The number of hydrogen-bond acceptors (Lipinski definition) is 38. The Kier molecular flexibility index (Phi) is 36.5. The molecule has 4 rings (SSSR count). The van der Waals surface area contributed by atoms with Gasteiger partial charge in [-0.25, -0.2) is 27.0 Å². The molecular formula is C45H87F2NO41P4. The van der Waals surface area contributed by atoms with Crippen LogP contribution in [0.2, 0.25) is 0 Å². The third-order valence-corrected chi connectivity index (χ3v) is 18.0. The lowest BCUT2D eigenvalue weighted by Gasteiger charge is -2.26. The van der Waals surface area contributed by atoms with Crippen molar-refractivity contribution >= 4 is 31.3 Å². The van der Waals surface area contributed by atoms with Crippen LogP contribution in [0.1, 0.15) is 32.1 Å². The molecule has 0 spiro atoms. The topological polar surface area (TPSA) is 667 Å². The average Bonchev–Trinajstić information content (AvgIpc) is 1.71. The fourth-order valence-electron chi connectivity index (χ4n) is 8.70. The van der Waals surface area contributed by atoms with Gasteiger partial charge >= 0.3 is 31.3 Å². The van der Waals surface area contributed by atoms with Crippen molar-refractivity contribution < 1.29 is 208 Å². The SMILES string of the molecule is NCCCCCOP(=O)(O)OCC(O)C(O)C(O)CO[C@@H]1O[C@H](CO)C(OP(=O)(O)OCC(O)C(O)C(O)CO[C@@H]2O[C@H](CO)C(OP(=O)(O)OCC(O)C(O)C(O)CO[C@H]3CC(OP(=O)(O)OCC(O)C(O)C(O)CO[C@H]4CC(O)[C@@H](CO)O4)[C@@H](CO)O3)C2F)C1F. The van der Waals surface area contributed by atoms with Crippen molar-refractivity contribution in [3.8, 4) is 0 Å². The number of phosphoric ester groups is 4. The summed E-state index contributed by atoms with van der Waals surface area (Å²) in [5.41, 5.74) is 5.36. The zero-order valence-electron chi connectivity index (χ0n) is 49.1. The lowest BCUT2D eigenvalue weighted by molar-refractivity contribution is -0.185. The summed E-state index contributed by atoms with van der Waals surface area (Å²) in [5, 5.41) is 172. The maximum absolute atomic E-state index is 15.6. The van der Waals surface area contributed by atoms with Crippen LogP contribution in [0, 0.1) is 0 Å². The van der Waals surface area contributed by atoms with E-state index in [2.05, 4.69) is 13.6 Å². The third-order valence-electron chi connectivity index (χ3n) is 14.0. The third kappa shape index (κ3) is 27.6. The zero-order valence-corrected chi connectivity index (χ0v) is 52.7. The Hall–Kier alpha value is -0.740. The summed E-state index contributed by atoms with van der Waals surface area (Å²) in [6.07, 6.45) is -49.7. The lowest BCUT2D eigenvalue weighted by Crippen LogP contribution is -2.44. The fraction of sp³-hybridized carbons (Fsp3) is 1.00. The Balaban J connectivity index is 1.15. The number of aliphatic hydroxyl groups is 17. The Labute approximate surface area is 527 Å². The number of nitrogens with two attached hydrogens (primary N) is 1. The van der Waals surface area contributed by atoms with Crippen LogP contribution >= 0.6 is 31.3 Å². The van der Waals surface area contributed by atoms with E-state index in [0.29, 0.717) is 25.8 Å². The quantitative estimate of drug-likeness (QED) is 0.0199. The van der Waals surface area contributed by atoms with Crippen LogP contribution in [0.25, 0.3) is 0 Å². The lowest BCUT2D eigenvalue weighted by atomic mass is 10.1. The van der Waals surface area contributed by atoms with E-state index in [1.54, 1.807) is 0 Å². The average molecular weight is 1460 g/mol. The van der Waals surface area contributed by atoms with Crippen LogP contribution in [0.4, 0.5) is 8.78 Å². The molecular weight excluding hydrogens is 1370 g/mol. The first kappa shape index (κ1) is 84.7. The number of rotatable bonds is 48. The van der Waals surface area contributed by atoms with E-state index in [9.17, 15) is 120 Å². The number of aliphatic hydroxyl groups excluding tert-OH is 17. The highest BCUT2D eigenvalue weighted by Crippen LogP contribution is 2.51. The van der Waals surface area contributed by atoms with E-state index in [-0.39, 0.29) is 13.0 Å². The molecule has 4 fully saturated rings. The first-order valence-electron chi connectivity index (χ1n) is 28.5. The van der Waals surface area contributed by atoms with Gasteiger partial charge in [-0.3, -0.25) is 36.2 Å². The molecule has 4 heterocycles. The molecule has 42 nitrogen and oxygen atoms in total. The van der Waals surface area contributed by atoms with Crippen LogP contribution in [-0.2, 0) is 92.3 Å². The number of hydrogen-bond donors (Lipinski definition) is 22. The highest BCUT2D eigenvalue weighted by Gasteiger charge is 2.53. The van der Waals surface area contributed by atoms with Crippen LogP contribution < -0.4 is 5.73 Å². The predicted octanol–water partition coefficient (Wildman–Crippen LogP) is -9.16. The van der Waals surface area contributed by atoms with Crippen LogP contribution in [0.15, 0.2) is 0 Å². The van der Waals surface area contributed by atoms with Gasteiger partial charge in [-0.15, -0.1) is 0 Å². The van der Waals surface area contributed by atoms with E-state index >= 15 is 8.78 Å². The second-order valence-electron chi connectivity index (χ2n) is 21.3. The van der Waals surface area contributed by atoms with Gasteiger partial charge in [0.1, 0.15) is 116 Å². The normalized spacial score (nSPS) is 33.5. The summed E-state index contributed by atoms with van der Waals surface area (Å²) >= 11 is 0. The van der Waals surface area contributed by atoms with Gasteiger partial charge in [-0.2, -0.15) is 0 Å². The van der Waals surface area contributed by atoms with Gasteiger partial charge in [0.15, 0.2) is 37.5 Å². The number of phosphoric acid groups is 4. The second kappa shape index (κ2) is 40.0. The van der Waals surface area contributed by atoms with Gasteiger partial charge < -0.3 is 150 Å². The molecule has 0 bridgehead atoms. The molecule has 4 aliphatic heterocycles. The number of alkyl halides is 2. The summed E-state index contributed by atoms with van der Waals surface area (Å²) in [6.45, 7) is -12.1. The summed E-state index contributed by atoms with van der Waals surface area (Å²) < 4.78 is 161.